The first-order chi connectivity index (χ1) is 12.5. The molecule has 3 rings (SSSR count). The number of rotatable bonds is 4. The van der Waals surface area contributed by atoms with Crippen LogP contribution in [0.3, 0.4) is 0 Å². The van der Waals surface area contributed by atoms with Crippen molar-refractivity contribution in [1.29, 1.82) is 0 Å². The molecule has 1 aromatic carbocycles. The molecule has 1 fully saturated rings. The summed E-state index contributed by atoms with van der Waals surface area (Å²) in [5, 5.41) is 15.9. The van der Waals surface area contributed by atoms with Crippen LogP contribution in [0.4, 0.5) is 11.6 Å². The summed E-state index contributed by atoms with van der Waals surface area (Å²) < 4.78 is 0. The lowest BCUT2D eigenvalue weighted by atomic mass is 10.3. The topological polar surface area (TPSA) is 100 Å². The first-order valence-electron chi connectivity index (χ1n) is 8.20. The molecule has 1 atom stereocenters. The summed E-state index contributed by atoms with van der Waals surface area (Å²) in [6, 6.07) is 6.51. The molecule has 0 unspecified atom stereocenters. The second kappa shape index (κ2) is 8.28. The van der Waals surface area contributed by atoms with Crippen LogP contribution in [0.1, 0.15) is 25.8 Å². The number of hydrogen-bond donors (Lipinski definition) is 3. The first-order valence-corrected chi connectivity index (χ1v) is 8.99. The summed E-state index contributed by atoms with van der Waals surface area (Å²) in [4.78, 5) is 15.6. The fourth-order valence-electron chi connectivity index (χ4n) is 2.47. The minimum Gasteiger partial charge on any atom is -0.338 e. The Hall–Kier alpha value is -2.46. The Morgan fingerprint density at radius 1 is 1.27 bits per heavy atom. The van der Waals surface area contributed by atoms with Gasteiger partial charge in [-0.2, -0.15) is 0 Å². The van der Waals surface area contributed by atoms with Gasteiger partial charge in [0, 0.05) is 13.1 Å². The predicted octanol–water partition coefficient (Wildman–Crippen LogP) is 1.51. The van der Waals surface area contributed by atoms with Gasteiger partial charge in [-0.3, -0.25) is 15.6 Å². The zero-order valence-corrected chi connectivity index (χ0v) is 15.7. The largest absolute Gasteiger partial charge is 0.338 e. The molecule has 1 amide bonds. The number of amides is 1. The third kappa shape index (κ3) is 4.38. The van der Waals surface area contributed by atoms with Gasteiger partial charge in [-0.05, 0) is 49.3 Å². The smallest absolute Gasteiger partial charge is 0.266 e. The Labute approximate surface area is 161 Å². The molecule has 3 N–H and O–H groups in total. The van der Waals surface area contributed by atoms with E-state index >= 15 is 0 Å². The van der Waals surface area contributed by atoms with Crippen LogP contribution in [-0.2, 0) is 4.79 Å². The van der Waals surface area contributed by atoms with Gasteiger partial charge in [0.05, 0.1) is 10.7 Å². The number of nitrogens with one attached hydrogen (secondary N) is 3. The third-order valence-electron chi connectivity index (χ3n) is 3.95. The summed E-state index contributed by atoms with van der Waals surface area (Å²) in [6.45, 7) is 3.50. The van der Waals surface area contributed by atoms with Gasteiger partial charge in [-0.15, -0.1) is 9.90 Å². The lowest BCUT2D eigenvalue weighted by Crippen LogP contribution is -2.46. The van der Waals surface area contributed by atoms with Crippen LogP contribution < -0.4 is 21.1 Å². The SMILES string of the molecule is C[C@@H](C(=O)NNC(=S)Nc1ccccc1Cl)n1nnc(N2CCCC2)n1. The number of aromatic nitrogens is 4. The minimum absolute atomic E-state index is 0.211. The number of benzene rings is 1. The van der Waals surface area contributed by atoms with Crippen LogP contribution in [0.25, 0.3) is 0 Å². The summed E-state index contributed by atoms with van der Waals surface area (Å²) in [5.41, 5.74) is 5.80. The van der Waals surface area contributed by atoms with E-state index in [0.717, 1.165) is 25.9 Å². The highest BCUT2D eigenvalue weighted by Gasteiger charge is 2.22. The highest BCUT2D eigenvalue weighted by molar-refractivity contribution is 7.80. The summed E-state index contributed by atoms with van der Waals surface area (Å²) in [7, 11) is 0. The Kier molecular flexibility index (Phi) is 5.84. The molecule has 0 spiro atoms. The molecule has 2 heterocycles. The number of nitrogens with zero attached hydrogens (tertiary/aromatic N) is 5. The van der Waals surface area contributed by atoms with Crippen LogP contribution in [0.2, 0.25) is 5.02 Å². The maximum absolute atomic E-state index is 12.3. The molecule has 11 heteroatoms. The Morgan fingerprint density at radius 3 is 2.73 bits per heavy atom. The zero-order valence-electron chi connectivity index (χ0n) is 14.1. The second-order valence-corrected chi connectivity index (χ2v) is 6.64. The van der Waals surface area contributed by atoms with Crippen molar-refractivity contribution >= 4 is 46.5 Å². The number of para-hydroxylation sites is 1. The lowest BCUT2D eigenvalue weighted by molar-refractivity contribution is -0.125. The second-order valence-electron chi connectivity index (χ2n) is 5.83. The van der Waals surface area contributed by atoms with Crippen LogP contribution in [0, 0.1) is 0 Å². The van der Waals surface area contributed by atoms with E-state index in [1.807, 2.05) is 12.1 Å². The summed E-state index contributed by atoms with van der Waals surface area (Å²) >= 11 is 11.2. The number of hydrazine groups is 1. The number of hydrogen-bond acceptors (Lipinski definition) is 6. The Bertz CT molecular complexity index is 791. The van der Waals surface area contributed by atoms with Crippen molar-refractivity contribution in [2.24, 2.45) is 0 Å². The number of carbonyl (C=O) groups is 1. The van der Waals surface area contributed by atoms with E-state index in [0.29, 0.717) is 16.7 Å². The van der Waals surface area contributed by atoms with Crippen molar-refractivity contribution in [3.63, 3.8) is 0 Å². The number of halogens is 1. The minimum atomic E-state index is -0.644. The van der Waals surface area contributed by atoms with Crippen molar-refractivity contribution in [3.8, 4) is 0 Å². The molecule has 0 radical (unpaired) electrons. The average molecular weight is 395 g/mol. The van der Waals surface area contributed by atoms with Gasteiger partial charge >= 0.3 is 0 Å². The van der Waals surface area contributed by atoms with Gasteiger partial charge in [0.2, 0.25) is 0 Å². The van der Waals surface area contributed by atoms with Crippen LogP contribution in [0.5, 0.6) is 0 Å². The molecular weight excluding hydrogens is 376 g/mol. The molecule has 1 aliphatic heterocycles. The molecule has 1 aliphatic rings. The predicted molar refractivity (Wildman–Crippen MR) is 103 cm³/mol. The van der Waals surface area contributed by atoms with E-state index in [2.05, 4.69) is 36.5 Å². The normalized spacial score (nSPS) is 14.8. The van der Waals surface area contributed by atoms with E-state index in [9.17, 15) is 4.79 Å². The molecule has 1 saturated heterocycles. The van der Waals surface area contributed by atoms with Crippen molar-refractivity contribution < 1.29 is 4.79 Å². The number of anilines is 2. The molecule has 9 nitrogen and oxygen atoms in total. The van der Waals surface area contributed by atoms with E-state index in [1.54, 1.807) is 19.1 Å². The van der Waals surface area contributed by atoms with Gasteiger partial charge in [0.1, 0.15) is 0 Å². The van der Waals surface area contributed by atoms with Crippen molar-refractivity contribution in [2.75, 3.05) is 23.3 Å². The van der Waals surface area contributed by atoms with Crippen LogP contribution in [-0.4, -0.2) is 44.3 Å². The molecule has 0 bridgehead atoms. The van der Waals surface area contributed by atoms with Gasteiger partial charge in [-0.1, -0.05) is 28.8 Å². The van der Waals surface area contributed by atoms with Gasteiger partial charge < -0.3 is 10.2 Å². The number of thiocarbonyl (C=S) groups is 1. The lowest BCUT2D eigenvalue weighted by Gasteiger charge is -2.15. The fourth-order valence-corrected chi connectivity index (χ4v) is 2.81. The van der Waals surface area contributed by atoms with Gasteiger partial charge in [0.25, 0.3) is 11.9 Å². The van der Waals surface area contributed by atoms with E-state index in [1.165, 1.54) is 4.80 Å². The Balaban J connectivity index is 1.51. The summed E-state index contributed by atoms with van der Waals surface area (Å²) in [5.74, 6) is 0.199. The van der Waals surface area contributed by atoms with Gasteiger partial charge in [0.15, 0.2) is 11.2 Å². The van der Waals surface area contributed by atoms with E-state index in [-0.39, 0.29) is 11.0 Å². The third-order valence-corrected chi connectivity index (χ3v) is 4.49. The first kappa shape index (κ1) is 18.3. The molecular formula is C15H19ClN8OS. The molecule has 0 aliphatic carbocycles. The molecule has 26 heavy (non-hydrogen) atoms. The molecule has 1 aromatic heterocycles. The van der Waals surface area contributed by atoms with E-state index in [4.69, 9.17) is 23.8 Å². The highest BCUT2D eigenvalue weighted by atomic mass is 35.5. The maximum atomic E-state index is 12.3. The molecule has 0 saturated carbocycles. The van der Waals surface area contributed by atoms with E-state index < -0.39 is 6.04 Å². The number of tetrazole rings is 1. The summed E-state index contributed by atoms with van der Waals surface area (Å²) in [6.07, 6.45) is 2.23. The standard InChI is InChI=1S/C15H19ClN8OS/c1-10(24-21-14(19-22-24)23-8-4-5-9-23)13(25)18-20-15(26)17-12-7-3-2-6-11(12)16/h2-3,6-7,10H,4-5,8-9H2,1H3,(H,18,25)(H2,17,20,26)/t10-/m0/s1. The molecule has 138 valence electrons. The van der Waals surface area contributed by atoms with Gasteiger partial charge in [-0.25, -0.2) is 0 Å². The van der Waals surface area contributed by atoms with Crippen molar-refractivity contribution in [1.82, 2.24) is 31.1 Å². The van der Waals surface area contributed by atoms with Crippen LogP contribution >= 0.6 is 23.8 Å². The Morgan fingerprint density at radius 2 is 2.00 bits per heavy atom. The average Bonchev–Trinajstić information content (AvgIpc) is 3.32. The maximum Gasteiger partial charge on any atom is 0.266 e. The quantitative estimate of drug-likeness (QED) is 0.530. The fraction of sp³-hybridized carbons (Fsp3) is 0.400. The van der Waals surface area contributed by atoms with Crippen LogP contribution in [0.15, 0.2) is 24.3 Å². The van der Waals surface area contributed by atoms with Crippen molar-refractivity contribution in [2.45, 2.75) is 25.8 Å². The highest BCUT2D eigenvalue weighted by Crippen LogP contribution is 2.20. The zero-order chi connectivity index (χ0) is 18.5. The number of carbonyl (C=O) groups excluding carboxylic acids is 1. The van der Waals surface area contributed by atoms with Crippen molar-refractivity contribution in [3.05, 3.63) is 29.3 Å². The molecule has 2 aromatic rings. The monoisotopic (exact) mass is 394 g/mol.